The summed E-state index contributed by atoms with van der Waals surface area (Å²) in [4.78, 5) is 0. The maximum atomic E-state index is 8.76. The van der Waals surface area contributed by atoms with Crippen molar-refractivity contribution in [3.8, 4) is 17.2 Å². The fourth-order valence-corrected chi connectivity index (χ4v) is 1.37. The summed E-state index contributed by atoms with van der Waals surface area (Å²) in [6.45, 7) is -0.0294. The lowest BCUT2D eigenvalue weighted by molar-refractivity contribution is 0.343. The first-order valence-corrected chi connectivity index (χ1v) is 4.84. The molecule has 0 spiro atoms. The van der Waals surface area contributed by atoms with Crippen molar-refractivity contribution in [2.75, 3.05) is 27.9 Å². The zero-order valence-electron chi connectivity index (χ0n) is 9.69. The second-order valence-corrected chi connectivity index (χ2v) is 3.03. The highest BCUT2D eigenvalue weighted by Gasteiger charge is 2.10. The van der Waals surface area contributed by atoms with E-state index >= 15 is 0 Å². The molecule has 0 amide bonds. The lowest BCUT2D eigenvalue weighted by atomic mass is 10.1. The van der Waals surface area contributed by atoms with Crippen LogP contribution in [0.4, 0.5) is 0 Å². The Kier molecular flexibility index (Phi) is 4.66. The second-order valence-electron chi connectivity index (χ2n) is 3.03. The molecule has 16 heavy (non-hydrogen) atoms. The van der Waals surface area contributed by atoms with E-state index in [2.05, 4.69) is 0 Å². The van der Waals surface area contributed by atoms with Gasteiger partial charge in [-0.3, -0.25) is 0 Å². The van der Waals surface area contributed by atoms with E-state index in [0.29, 0.717) is 17.2 Å². The van der Waals surface area contributed by atoms with Crippen LogP contribution in [-0.2, 0) is 0 Å². The molecule has 0 radical (unpaired) electrons. The normalized spacial score (nSPS) is 10.5. The Labute approximate surface area is 95.1 Å². The highest BCUT2D eigenvalue weighted by molar-refractivity contribution is 5.66. The zero-order valence-corrected chi connectivity index (χ0v) is 9.69. The minimum absolute atomic E-state index is 0.0294. The molecule has 0 aliphatic heterocycles. The molecule has 0 heterocycles. The molecule has 0 aliphatic rings. The van der Waals surface area contributed by atoms with Gasteiger partial charge in [0.2, 0.25) is 0 Å². The zero-order chi connectivity index (χ0) is 12.0. The maximum Gasteiger partial charge on any atom is 0.133 e. The van der Waals surface area contributed by atoms with Crippen LogP contribution < -0.4 is 14.2 Å². The molecule has 0 fully saturated rings. The Bertz CT molecular complexity index is 346. The van der Waals surface area contributed by atoms with Crippen molar-refractivity contribution < 1.29 is 19.3 Å². The highest BCUT2D eigenvalue weighted by atomic mass is 16.5. The van der Waals surface area contributed by atoms with E-state index in [1.54, 1.807) is 45.6 Å². The molecule has 0 atom stereocenters. The van der Waals surface area contributed by atoms with Gasteiger partial charge in [-0.15, -0.1) is 0 Å². The van der Waals surface area contributed by atoms with E-state index in [0.717, 1.165) is 5.56 Å². The number of rotatable bonds is 5. The molecule has 0 aliphatic carbocycles. The number of hydrogen-bond donors (Lipinski definition) is 1. The summed E-state index contributed by atoms with van der Waals surface area (Å²) in [5, 5.41) is 8.76. The van der Waals surface area contributed by atoms with Crippen LogP contribution >= 0.6 is 0 Å². The lowest BCUT2D eigenvalue weighted by Crippen LogP contribution is -1.94. The van der Waals surface area contributed by atoms with Gasteiger partial charge in [-0.1, -0.05) is 6.08 Å². The van der Waals surface area contributed by atoms with Crippen molar-refractivity contribution >= 4 is 6.08 Å². The van der Waals surface area contributed by atoms with Crippen LogP contribution in [-0.4, -0.2) is 33.0 Å². The largest absolute Gasteiger partial charge is 0.496 e. The Hall–Kier alpha value is -1.68. The predicted molar refractivity (Wildman–Crippen MR) is 62.2 cm³/mol. The summed E-state index contributed by atoms with van der Waals surface area (Å²) >= 11 is 0. The van der Waals surface area contributed by atoms with E-state index in [1.165, 1.54) is 0 Å². The first-order chi connectivity index (χ1) is 7.76. The van der Waals surface area contributed by atoms with E-state index in [-0.39, 0.29) is 6.61 Å². The summed E-state index contributed by atoms with van der Waals surface area (Å²) in [5.41, 5.74) is 0.778. The summed E-state index contributed by atoms with van der Waals surface area (Å²) in [5.74, 6) is 1.94. The van der Waals surface area contributed by atoms with Gasteiger partial charge in [-0.25, -0.2) is 0 Å². The monoisotopic (exact) mass is 224 g/mol. The first kappa shape index (κ1) is 12.4. The van der Waals surface area contributed by atoms with Crippen molar-refractivity contribution in [3.05, 3.63) is 23.8 Å². The van der Waals surface area contributed by atoms with Crippen LogP contribution in [0.2, 0.25) is 0 Å². The quantitative estimate of drug-likeness (QED) is 0.827. The molecular formula is C12H16O4. The van der Waals surface area contributed by atoms with Crippen LogP contribution in [0.25, 0.3) is 6.08 Å². The molecule has 4 nitrogen and oxygen atoms in total. The molecule has 0 saturated heterocycles. The molecular weight excluding hydrogens is 208 g/mol. The fourth-order valence-electron chi connectivity index (χ4n) is 1.37. The third-order valence-electron chi connectivity index (χ3n) is 2.14. The van der Waals surface area contributed by atoms with Gasteiger partial charge in [-0.2, -0.15) is 0 Å². The average Bonchev–Trinajstić information content (AvgIpc) is 2.35. The smallest absolute Gasteiger partial charge is 0.133 e. The highest BCUT2D eigenvalue weighted by Crippen LogP contribution is 2.34. The van der Waals surface area contributed by atoms with Crippen molar-refractivity contribution in [1.29, 1.82) is 0 Å². The first-order valence-electron chi connectivity index (χ1n) is 4.84. The van der Waals surface area contributed by atoms with E-state index in [4.69, 9.17) is 19.3 Å². The molecule has 88 valence electrons. The third-order valence-corrected chi connectivity index (χ3v) is 2.14. The van der Waals surface area contributed by atoms with Crippen LogP contribution in [0, 0.1) is 0 Å². The van der Waals surface area contributed by atoms with Gasteiger partial charge in [0.25, 0.3) is 0 Å². The predicted octanol–water partition coefficient (Wildman–Crippen LogP) is 1.72. The van der Waals surface area contributed by atoms with Crippen molar-refractivity contribution in [3.63, 3.8) is 0 Å². The Balaban J connectivity index is 3.25. The fraction of sp³-hybridized carbons (Fsp3) is 0.333. The summed E-state index contributed by atoms with van der Waals surface area (Å²) < 4.78 is 15.6. The number of aliphatic hydroxyl groups excluding tert-OH is 1. The molecule has 0 bridgehead atoms. The second kappa shape index (κ2) is 6.02. The summed E-state index contributed by atoms with van der Waals surface area (Å²) in [7, 11) is 4.73. The molecule has 4 heteroatoms. The number of hydrogen-bond acceptors (Lipinski definition) is 4. The molecule has 1 aromatic carbocycles. The minimum atomic E-state index is -0.0294. The van der Waals surface area contributed by atoms with Gasteiger partial charge in [0.15, 0.2) is 0 Å². The topological polar surface area (TPSA) is 47.9 Å². The van der Waals surface area contributed by atoms with Crippen LogP contribution in [0.5, 0.6) is 17.2 Å². The SMILES string of the molecule is COc1cc(OC)c(C=CCO)c(OC)c1. The van der Waals surface area contributed by atoms with Crippen LogP contribution in [0.1, 0.15) is 5.56 Å². The lowest BCUT2D eigenvalue weighted by Gasteiger charge is -2.12. The Morgan fingerprint density at radius 2 is 1.62 bits per heavy atom. The van der Waals surface area contributed by atoms with Gasteiger partial charge in [0.05, 0.1) is 33.5 Å². The van der Waals surface area contributed by atoms with Crippen molar-refractivity contribution in [2.45, 2.75) is 0 Å². The van der Waals surface area contributed by atoms with Gasteiger partial charge in [0.1, 0.15) is 17.2 Å². The molecule has 0 unspecified atom stereocenters. The van der Waals surface area contributed by atoms with Crippen LogP contribution in [0.15, 0.2) is 18.2 Å². The van der Waals surface area contributed by atoms with E-state index < -0.39 is 0 Å². The average molecular weight is 224 g/mol. The summed E-state index contributed by atoms with van der Waals surface area (Å²) in [6, 6.07) is 3.53. The van der Waals surface area contributed by atoms with E-state index in [1.807, 2.05) is 0 Å². The van der Waals surface area contributed by atoms with E-state index in [9.17, 15) is 0 Å². The van der Waals surface area contributed by atoms with Crippen molar-refractivity contribution in [2.24, 2.45) is 0 Å². The van der Waals surface area contributed by atoms with Gasteiger partial charge in [-0.05, 0) is 6.08 Å². The van der Waals surface area contributed by atoms with Gasteiger partial charge >= 0.3 is 0 Å². The van der Waals surface area contributed by atoms with Crippen LogP contribution in [0.3, 0.4) is 0 Å². The third kappa shape index (κ3) is 2.67. The number of benzene rings is 1. The molecule has 0 aromatic heterocycles. The standard InChI is InChI=1S/C12H16O4/c1-14-9-7-11(15-2)10(5-4-6-13)12(8-9)16-3/h4-5,7-8,13H,6H2,1-3H3. The minimum Gasteiger partial charge on any atom is -0.496 e. The Morgan fingerprint density at radius 1 is 1.06 bits per heavy atom. The van der Waals surface area contributed by atoms with Gasteiger partial charge < -0.3 is 19.3 Å². The summed E-state index contributed by atoms with van der Waals surface area (Å²) in [6.07, 6.45) is 3.37. The number of methoxy groups -OCH3 is 3. The molecule has 1 rings (SSSR count). The Morgan fingerprint density at radius 3 is 2.00 bits per heavy atom. The number of aliphatic hydroxyl groups is 1. The number of ether oxygens (including phenoxy) is 3. The molecule has 1 N–H and O–H groups in total. The van der Waals surface area contributed by atoms with Gasteiger partial charge in [0, 0.05) is 12.1 Å². The maximum absolute atomic E-state index is 8.76. The molecule has 1 aromatic rings. The van der Waals surface area contributed by atoms with Crippen molar-refractivity contribution in [1.82, 2.24) is 0 Å². The molecule has 0 saturated carbocycles.